The van der Waals surface area contributed by atoms with Crippen LogP contribution in [0.15, 0.2) is 62.7 Å². The maximum Gasteiger partial charge on any atom is 0.336 e. The molecule has 0 atom stereocenters. The Morgan fingerprint density at radius 3 is 2.62 bits per heavy atom. The van der Waals surface area contributed by atoms with Gasteiger partial charge in [0, 0.05) is 35.9 Å². The van der Waals surface area contributed by atoms with Gasteiger partial charge in [0.25, 0.3) is 5.91 Å². The Bertz CT molecular complexity index is 1590. The SMILES string of the molecule is CCn1cc(C(=O)NCC(=O)Nc2ccc3oc(=O)ccc3c2)c(=O)c2cc3c(cc21)OCO3. The molecule has 2 aromatic carbocycles. The van der Waals surface area contributed by atoms with E-state index in [2.05, 4.69) is 10.6 Å². The number of rotatable bonds is 5. The summed E-state index contributed by atoms with van der Waals surface area (Å²) in [5.41, 5.74) is 0.473. The normalized spacial score (nSPS) is 12.1. The van der Waals surface area contributed by atoms with Gasteiger partial charge in [-0.05, 0) is 37.3 Å². The minimum atomic E-state index is -0.665. The highest BCUT2D eigenvalue weighted by atomic mass is 16.7. The van der Waals surface area contributed by atoms with E-state index in [0.29, 0.717) is 45.6 Å². The van der Waals surface area contributed by atoms with E-state index in [1.165, 1.54) is 12.3 Å². The van der Waals surface area contributed by atoms with Crippen LogP contribution >= 0.6 is 0 Å². The standard InChI is InChI=1S/C24H19N3O7/c1-2-27-11-16(23(30)15-8-19-20(9-17(15)27)33-12-32-19)24(31)25-10-21(28)26-14-4-5-18-13(7-14)3-6-22(29)34-18/h3-9,11H,2,10,12H2,1H3,(H,25,31)(H,26,28). The molecule has 0 saturated carbocycles. The van der Waals surface area contributed by atoms with Crippen molar-refractivity contribution in [2.75, 3.05) is 18.7 Å². The fourth-order valence-corrected chi connectivity index (χ4v) is 3.81. The minimum Gasteiger partial charge on any atom is -0.454 e. The van der Waals surface area contributed by atoms with E-state index < -0.39 is 22.9 Å². The average Bonchev–Trinajstić information content (AvgIpc) is 3.29. The molecule has 5 rings (SSSR count). The van der Waals surface area contributed by atoms with E-state index in [1.807, 2.05) is 6.92 Å². The van der Waals surface area contributed by atoms with Crippen LogP contribution in [-0.2, 0) is 11.3 Å². The molecule has 2 amide bonds. The zero-order valence-electron chi connectivity index (χ0n) is 18.0. The van der Waals surface area contributed by atoms with Crippen LogP contribution in [0, 0.1) is 0 Å². The van der Waals surface area contributed by atoms with Crippen LogP contribution in [0.5, 0.6) is 11.5 Å². The summed E-state index contributed by atoms with van der Waals surface area (Å²) in [6.45, 7) is 2.13. The first kappa shape index (κ1) is 21.3. The quantitative estimate of drug-likeness (QED) is 0.436. The molecule has 3 heterocycles. The highest BCUT2D eigenvalue weighted by molar-refractivity contribution is 6.01. The fraction of sp³-hybridized carbons (Fsp3) is 0.167. The van der Waals surface area contributed by atoms with Crippen LogP contribution in [0.1, 0.15) is 17.3 Å². The van der Waals surface area contributed by atoms with Crippen LogP contribution in [0.4, 0.5) is 5.69 Å². The molecule has 0 spiro atoms. The lowest BCUT2D eigenvalue weighted by Gasteiger charge is -2.12. The third-order valence-corrected chi connectivity index (χ3v) is 5.47. The van der Waals surface area contributed by atoms with Crippen LogP contribution in [0.2, 0.25) is 0 Å². The van der Waals surface area contributed by atoms with E-state index in [9.17, 15) is 19.2 Å². The Balaban J connectivity index is 1.33. The van der Waals surface area contributed by atoms with Gasteiger partial charge in [0.15, 0.2) is 11.5 Å². The molecular weight excluding hydrogens is 442 g/mol. The Morgan fingerprint density at radius 2 is 1.82 bits per heavy atom. The Labute approximate surface area is 191 Å². The molecule has 1 aliphatic rings. The number of fused-ring (bicyclic) bond motifs is 3. The van der Waals surface area contributed by atoms with Crippen molar-refractivity contribution in [2.24, 2.45) is 0 Å². The second-order valence-corrected chi connectivity index (χ2v) is 7.62. The molecule has 34 heavy (non-hydrogen) atoms. The van der Waals surface area contributed by atoms with Gasteiger partial charge in [-0.2, -0.15) is 0 Å². The van der Waals surface area contributed by atoms with Crippen molar-refractivity contribution in [2.45, 2.75) is 13.5 Å². The molecule has 2 N–H and O–H groups in total. The van der Waals surface area contributed by atoms with Crippen LogP contribution in [-0.4, -0.2) is 29.7 Å². The number of hydrogen-bond acceptors (Lipinski definition) is 7. The van der Waals surface area contributed by atoms with Crippen LogP contribution in [0.3, 0.4) is 0 Å². The summed E-state index contributed by atoms with van der Waals surface area (Å²) in [5, 5.41) is 6.12. The topological polar surface area (TPSA) is 129 Å². The van der Waals surface area contributed by atoms with Crippen LogP contribution in [0.25, 0.3) is 21.9 Å². The highest BCUT2D eigenvalue weighted by Crippen LogP contribution is 2.35. The second-order valence-electron chi connectivity index (χ2n) is 7.62. The van der Waals surface area contributed by atoms with Crippen molar-refractivity contribution >= 4 is 39.4 Å². The van der Waals surface area contributed by atoms with Crippen molar-refractivity contribution in [3.63, 3.8) is 0 Å². The number of carbonyl (C=O) groups excluding carboxylic acids is 2. The summed E-state index contributed by atoms with van der Waals surface area (Å²) in [5.74, 6) is -0.162. The molecule has 0 fully saturated rings. The smallest absolute Gasteiger partial charge is 0.336 e. The number of aryl methyl sites for hydroxylation is 1. The first-order chi connectivity index (χ1) is 16.4. The average molecular weight is 461 g/mol. The summed E-state index contributed by atoms with van der Waals surface area (Å²) in [4.78, 5) is 49.5. The summed E-state index contributed by atoms with van der Waals surface area (Å²) in [7, 11) is 0. The predicted octanol–water partition coefficient (Wildman–Crippen LogP) is 2.22. The zero-order chi connectivity index (χ0) is 23.8. The van der Waals surface area contributed by atoms with Crippen molar-refractivity contribution in [3.8, 4) is 11.5 Å². The maximum atomic E-state index is 13.0. The molecule has 0 saturated heterocycles. The summed E-state index contributed by atoms with van der Waals surface area (Å²) in [6.07, 6.45) is 1.47. The van der Waals surface area contributed by atoms with E-state index in [1.54, 1.807) is 41.0 Å². The summed E-state index contributed by atoms with van der Waals surface area (Å²) >= 11 is 0. The van der Waals surface area contributed by atoms with Gasteiger partial charge < -0.3 is 29.1 Å². The zero-order valence-corrected chi connectivity index (χ0v) is 18.0. The number of aromatic nitrogens is 1. The molecule has 0 aliphatic carbocycles. The molecule has 4 aromatic rings. The van der Waals surface area contributed by atoms with Gasteiger partial charge in [-0.1, -0.05) is 0 Å². The number of hydrogen-bond donors (Lipinski definition) is 2. The predicted molar refractivity (Wildman–Crippen MR) is 123 cm³/mol. The van der Waals surface area contributed by atoms with Gasteiger partial charge >= 0.3 is 5.63 Å². The number of anilines is 1. The lowest BCUT2D eigenvalue weighted by molar-refractivity contribution is -0.115. The molecule has 0 unspecified atom stereocenters. The van der Waals surface area contributed by atoms with E-state index in [0.717, 1.165) is 0 Å². The van der Waals surface area contributed by atoms with Gasteiger partial charge in [-0.3, -0.25) is 14.4 Å². The van der Waals surface area contributed by atoms with Gasteiger partial charge in [0.2, 0.25) is 18.1 Å². The number of amides is 2. The number of ether oxygens (including phenoxy) is 2. The number of nitrogens with one attached hydrogen (secondary N) is 2. The second kappa shape index (κ2) is 8.39. The Hall–Kier alpha value is -4.60. The number of carbonyl (C=O) groups is 2. The van der Waals surface area contributed by atoms with Gasteiger partial charge in [0.05, 0.1) is 17.4 Å². The Kier molecular flexibility index (Phi) is 5.25. The van der Waals surface area contributed by atoms with E-state index >= 15 is 0 Å². The summed E-state index contributed by atoms with van der Waals surface area (Å²) < 4.78 is 17.6. The van der Waals surface area contributed by atoms with E-state index in [-0.39, 0.29) is 18.9 Å². The molecule has 10 heteroatoms. The molecule has 10 nitrogen and oxygen atoms in total. The molecule has 0 radical (unpaired) electrons. The minimum absolute atomic E-state index is 0.0695. The maximum absolute atomic E-state index is 13.0. The fourth-order valence-electron chi connectivity index (χ4n) is 3.81. The third kappa shape index (κ3) is 3.85. The largest absolute Gasteiger partial charge is 0.454 e. The van der Waals surface area contributed by atoms with Crippen molar-refractivity contribution < 1.29 is 23.5 Å². The number of pyridine rings is 1. The summed E-state index contributed by atoms with van der Waals surface area (Å²) in [6, 6.07) is 10.9. The van der Waals surface area contributed by atoms with E-state index in [4.69, 9.17) is 13.9 Å². The molecule has 2 aromatic heterocycles. The lowest BCUT2D eigenvalue weighted by Crippen LogP contribution is -2.35. The number of nitrogens with zero attached hydrogens (tertiary/aromatic N) is 1. The number of benzene rings is 2. The first-order valence-corrected chi connectivity index (χ1v) is 10.5. The van der Waals surface area contributed by atoms with Gasteiger partial charge in [0.1, 0.15) is 11.1 Å². The van der Waals surface area contributed by atoms with Crippen molar-refractivity contribution in [1.82, 2.24) is 9.88 Å². The molecular formula is C24H19N3O7. The lowest BCUT2D eigenvalue weighted by atomic mass is 10.1. The van der Waals surface area contributed by atoms with Gasteiger partial charge in [-0.15, -0.1) is 0 Å². The first-order valence-electron chi connectivity index (χ1n) is 10.5. The van der Waals surface area contributed by atoms with Crippen LogP contribution < -0.4 is 31.2 Å². The van der Waals surface area contributed by atoms with Gasteiger partial charge in [-0.25, -0.2) is 4.79 Å². The van der Waals surface area contributed by atoms with Crippen molar-refractivity contribution in [3.05, 3.63) is 74.9 Å². The Morgan fingerprint density at radius 1 is 1.03 bits per heavy atom. The molecule has 172 valence electrons. The van der Waals surface area contributed by atoms with Crippen molar-refractivity contribution in [1.29, 1.82) is 0 Å². The highest BCUT2D eigenvalue weighted by Gasteiger charge is 2.21. The molecule has 1 aliphatic heterocycles. The third-order valence-electron chi connectivity index (χ3n) is 5.47. The molecule has 0 bridgehead atoms. The monoisotopic (exact) mass is 461 g/mol.